The van der Waals surface area contributed by atoms with Gasteiger partial charge in [0.1, 0.15) is 11.6 Å². The van der Waals surface area contributed by atoms with E-state index in [0.717, 1.165) is 18.4 Å². The minimum atomic E-state index is -3.43. The van der Waals surface area contributed by atoms with Crippen LogP contribution >= 0.6 is 0 Å². The second-order valence-electron chi connectivity index (χ2n) is 3.90. The third-order valence-electron chi connectivity index (χ3n) is 2.27. The summed E-state index contributed by atoms with van der Waals surface area (Å²) in [6, 6.07) is 2.48. The molecule has 1 unspecified atom stereocenters. The fraction of sp³-hybridized carbons (Fsp3) is 0.455. The Morgan fingerprint density at radius 1 is 1.35 bits per heavy atom. The zero-order valence-electron chi connectivity index (χ0n) is 9.70. The van der Waals surface area contributed by atoms with Crippen LogP contribution in [0.3, 0.4) is 0 Å². The zero-order valence-corrected chi connectivity index (χ0v) is 10.5. The molecule has 96 valence electrons. The molecule has 1 rings (SSSR count). The SMILES string of the molecule is CCCC(NS(C)(=O)=O)c1ccc(F)cc1F. The van der Waals surface area contributed by atoms with Gasteiger partial charge >= 0.3 is 0 Å². The van der Waals surface area contributed by atoms with Gasteiger partial charge in [0.05, 0.1) is 6.26 Å². The minimum Gasteiger partial charge on any atom is -0.213 e. The van der Waals surface area contributed by atoms with E-state index in [9.17, 15) is 17.2 Å². The fourth-order valence-corrected chi connectivity index (χ4v) is 2.37. The summed E-state index contributed by atoms with van der Waals surface area (Å²) in [6.45, 7) is 1.86. The van der Waals surface area contributed by atoms with E-state index in [2.05, 4.69) is 4.72 Å². The lowest BCUT2D eigenvalue weighted by Crippen LogP contribution is -2.28. The topological polar surface area (TPSA) is 46.2 Å². The highest BCUT2D eigenvalue weighted by Gasteiger charge is 2.18. The van der Waals surface area contributed by atoms with Crippen LogP contribution in [0.4, 0.5) is 8.78 Å². The molecule has 0 aliphatic rings. The van der Waals surface area contributed by atoms with Crippen LogP contribution in [0.2, 0.25) is 0 Å². The lowest BCUT2D eigenvalue weighted by Gasteiger charge is -2.17. The van der Waals surface area contributed by atoms with Gasteiger partial charge in [-0.25, -0.2) is 21.9 Å². The van der Waals surface area contributed by atoms with Gasteiger partial charge in [0.25, 0.3) is 0 Å². The van der Waals surface area contributed by atoms with Crippen molar-refractivity contribution < 1.29 is 17.2 Å². The molecule has 0 amide bonds. The quantitative estimate of drug-likeness (QED) is 0.886. The van der Waals surface area contributed by atoms with E-state index in [1.807, 2.05) is 6.92 Å². The number of halogens is 2. The average Bonchev–Trinajstić information content (AvgIpc) is 2.14. The Morgan fingerprint density at radius 3 is 2.47 bits per heavy atom. The van der Waals surface area contributed by atoms with Gasteiger partial charge in [0, 0.05) is 17.7 Å². The normalized spacial score (nSPS) is 13.6. The van der Waals surface area contributed by atoms with Crippen molar-refractivity contribution in [3.63, 3.8) is 0 Å². The van der Waals surface area contributed by atoms with Crippen LogP contribution < -0.4 is 4.72 Å². The van der Waals surface area contributed by atoms with Gasteiger partial charge in [-0.05, 0) is 12.5 Å². The Morgan fingerprint density at radius 2 is 2.00 bits per heavy atom. The van der Waals surface area contributed by atoms with Gasteiger partial charge < -0.3 is 0 Å². The third kappa shape index (κ3) is 4.40. The van der Waals surface area contributed by atoms with E-state index >= 15 is 0 Å². The van der Waals surface area contributed by atoms with Crippen molar-refractivity contribution in [1.82, 2.24) is 4.72 Å². The Balaban J connectivity index is 3.05. The Bertz CT molecular complexity index is 488. The molecule has 3 nitrogen and oxygen atoms in total. The fourth-order valence-electron chi connectivity index (χ4n) is 1.61. The van der Waals surface area contributed by atoms with Crippen LogP contribution in [0.1, 0.15) is 31.4 Å². The van der Waals surface area contributed by atoms with Crippen LogP contribution in [0.15, 0.2) is 18.2 Å². The molecule has 0 aromatic heterocycles. The molecule has 0 spiro atoms. The first kappa shape index (κ1) is 14.1. The second kappa shape index (κ2) is 5.55. The highest BCUT2D eigenvalue weighted by Crippen LogP contribution is 2.22. The molecule has 6 heteroatoms. The molecule has 1 aromatic rings. The molecule has 0 aliphatic carbocycles. The summed E-state index contributed by atoms with van der Waals surface area (Å²) >= 11 is 0. The molecule has 0 heterocycles. The summed E-state index contributed by atoms with van der Waals surface area (Å²) in [5.41, 5.74) is 0.165. The number of hydrogen-bond acceptors (Lipinski definition) is 2. The lowest BCUT2D eigenvalue weighted by molar-refractivity contribution is 0.508. The molecule has 1 aromatic carbocycles. The zero-order chi connectivity index (χ0) is 13.1. The highest BCUT2D eigenvalue weighted by molar-refractivity contribution is 7.88. The van der Waals surface area contributed by atoms with Crippen LogP contribution in [-0.2, 0) is 10.0 Å². The van der Waals surface area contributed by atoms with Crippen molar-refractivity contribution >= 4 is 10.0 Å². The van der Waals surface area contributed by atoms with Gasteiger partial charge in [-0.3, -0.25) is 0 Å². The van der Waals surface area contributed by atoms with Gasteiger partial charge in [0.2, 0.25) is 10.0 Å². The van der Waals surface area contributed by atoms with Crippen LogP contribution in [0, 0.1) is 11.6 Å². The largest absolute Gasteiger partial charge is 0.213 e. The molecule has 0 aliphatic heterocycles. The van der Waals surface area contributed by atoms with Crippen molar-refractivity contribution in [1.29, 1.82) is 0 Å². The molecular weight excluding hydrogens is 248 g/mol. The monoisotopic (exact) mass is 263 g/mol. The van der Waals surface area contributed by atoms with Crippen molar-refractivity contribution in [2.75, 3.05) is 6.26 Å². The molecule has 0 fully saturated rings. The Hall–Kier alpha value is -1.01. The van der Waals surface area contributed by atoms with Gasteiger partial charge in [-0.2, -0.15) is 0 Å². The van der Waals surface area contributed by atoms with Gasteiger partial charge in [-0.15, -0.1) is 0 Å². The first-order chi connectivity index (χ1) is 7.83. The number of nitrogens with one attached hydrogen (secondary N) is 1. The van der Waals surface area contributed by atoms with Gasteiger partial charge in [-0.1, -0.05) is 19.4 Å². The van der Waals surface area contributed by atoms with E-state index in [1.54, 1.807) is 0 Å². The van der Waals surface area contributed by atoms with Crippen molar-refractivity contribution in [3.05, 3.63) is 35.4 Å². The predicted molar refractivity (Wildman–Crippen MR) is 62.0 cm³/mol. The molecule has 1 atom stereocenters. The first-order valence-corrected chi connectivity index (χ1v) is 7.15. The maximum atomic E-state index is 13.5. The van der Waals surface area contributed by atoms with Gasteiger partial charge in [0.15, 0.2) is 0 Å². The van der Waals surface area contributed by atoms with Crippen molar-refractivity contribution in [2.45, 2.75) is 25.8 Å². The molecule has 17 heavy (non-hydrogen) atoms. The van der Waals surface area contributed by atoms with E-state index < -0.39 is 27.7 Å². The summed E-state index contributed by atoms with van der Waals surface area (Å²) in [7, 11) is -3.43. The molecule has 0 saturated carbocycles. The Kier molecular flexibility index (Phi) is 4.59. The number of sulfonamides is 1. The highest BCUT2D eigenvalue weighted by atomic mass is 32.2. The van der Waals surface area contributed by atoms with E-state index in [0.29, 0.717) is 12.8 Å². The second-order valence-corrected chi connectivity index (χ2v) is 5.68. The van der Waals surface area contributed by atoms with E-state index in [4.69, 9.17) is 0 Å². The summed E-state index contributed by atoms with van der Waals surface area (Å²) in [5.74, 6) is -1.42. The molecule has 0 saturated heterocycles. The smallest absolute Gasteiger partial charge is 0.209 e. The summed E-state index contributed by atoms with van der Waals surface area (Å²) < 4.78 is 50.9. The third-order valence-corrected chi connectivity index (χ3v) is 2.98. The van der Waals surface area contributed by atoms with Crippen LogP contribution in [0.5, 0.6) is 0 Å². The molecular formula is C11H15F2NO2S. The van der Waals surface area contributed by atoms with Crippen molar-refractivity contribution in [2.24, 2.45) is 0 Å². The number of benzene rings is 1. The predicted octanol–water partition coefficient (Wildman–Crippen LogP) is 2.36. The lowest BCUT2D eigenvalue weighted by atomic mass is 10.0. The van der Waals surface area contributed by atoms with Crippen molar-refractivity contribution in [3.8, 4) is 0 Å². The van der Waals surface area contributed by atoms with Crippen LogP contribution in [-0.4, -0.2) is 14.7 Å². The summed E-state index contributed by atoms with van der Waals surface area (Å²) in [5, 5.41) is 0. The van der Waals surface area contributed by atoms with E-state index in [1.165, 1.54) is 6.07 Å². The molecule has 0 radical (unpaired) electrons. The minimum absolute atomic E-state index is 0.165. The molecule has 0 bridgehead atoms. The summed E-state index contributed by atoms with van der Waals surface area (Å²) in [6.07, 6.45) is 2.15. The maximum Gasteiger partial charge on any atom is 0.209 e. The maximum absolute atomic E-state index is 13.5. The van der Waals surface area contributed by atoms with E-state index in [-0.39, 0.29) is 5.56 Å². The standard InChI is InChI=1S/C11H15F2NO2S/c1-3-4-11(14-17(2,15)16)9-6-5-8(12)7-10(9)13/h5-7,11,14H,3-4H2,1-2H3. The van der Waals surface area contributed by atoms with Crippen LogP contribution in [0.25, 0.3) is 0 Å². The Labute approximate surface area is 99.9 Å². The number of rotatable bonds is 5. The summed E-state index contributed by atoms with van der Waals surface area (Å²) in [4.78, 5) is 0. The average molecular weight is 263 g/mol. The molecule has 1 N–H and O–H groups in total. The first-order valence-electron chi connectivity index (χ1n) is 5.25. The number of hydrogen-bond donors (Lipinski definition) is 1.